The lowest BCUT2D eigenvalue weighted by Crippen LogP contribution is -2.50. The van der Waals surface area contributed by atoms with Crippen LogP contribution in [0.25, 0.3) is 0 Å². The van der Waals surface area contributed by atoms with Gasteiger partial charge in [-0.1, -0.05) is 0 Å². The van der Waals surface area contributed by atoms with Gasteiger partial charge in [-0.15, -0.1) is 12.6 Å². The van der Waals surface area contributed by atoms with Crippen molar-refractivity contribution in [2.24, 2.45) is 0 Å². The molecular formula is C18H26N2O4S. The summed E-state index contributed by atoms with van der Waals surface area (Å²) < 4.78 is 5.41. The van der Waals surface area contributed by atoms with E-state index < -0.39 is 11.6 Å². The second-order valence-electron chi connectivity index (χ2n) is 7.27. The van der Waals surface area contributed by atoms with E-state index >= 15 is 0 Å². The summed E-state index contributed by atoms with van der Waals surface area (Å²) >= 11 is 4.41. The van der Waals surface area contributed by atoms with Crippen molar-refractivity contribution in [3.05, 3.63) is 23.3 Å². The monoisotopic (exact) mass is 366 g/mol. The van der Waals surface area contributed by atoms with Crippen LogP contribution in [0.1, 0.15) is 31.9 Å². The predicted molar refractivity (Wildman–Crippen MR) is 99.8 cm³/mol. The Kier molecular flexibility index (Phi) is 5.87. The minimum Gasteiger partial charge on any atom is -0.481 e. The first-order valence-corrected chi connectivity index (χ1v) is 8.78. The first-order chi connectivity index (χ1) is 11.6. The number of amides is 1. The zero-order valence-electron chi connectivity index (χ0n) is 15.2. The molecule has 1 fully saturated rings. The third-order valence-corrected chi connectivity index (χ3v) is 4.34. The van der Waals surface area contributed by atoms with Crippen LogP contribution in [0, 0.1) is 6.92 Å². The molecule has 1 aromatic carbocycles. The number of piperazine rings is 1. The van der Waals surface area contributed by atoms with E-state index in [-0.39, 0.29) is 12.5 Å². The zero-order valence-corrected chi connectivity index (χ0v) is 16.1. The van der Waals surface area contributed by atoms with Gasteiger partial charge in [0.05, 0.1) is 6.42 Å². The molecule has 0 bridgehead atoms. The Hall–Kier alpha value is -1.89. The SMILES string of the molecule is Cc1c(CC(=O)O)cc(S)cc1N1CCN(C(=O)OC(C)(C)C)CC1. The molecule has 7 heteroatoms. The highest BCUT2D eigenvalue weighted by molar-refractivity contribution is 7.80. The second-order valence-corrected chi connectivity index (χ2v) is 7.79. The number of rotatable bonds is 3. The summed E-state index contributed by atoms with van der Waals surface area (Å²) in [6.07, 6.45) is -0.316. The van der Waals surface area contributed by atoms with Gasteiger partial charge in [0.2, 0.25) is 0 Å². The normalized spacial score (nSPS) is 15.2. The lowest BCUT2D eigenvalue weighted by molar-refractivity contribution is -0.136. The summed E-state index contributed by atoms with van der Waals surface area (Å²) in [5, 5.41) is 9.08. The van der Waals surface area contributed by atoms with Crippen molar-refractivity contribution in [3.63, 3.8) is 0 Å². The Morgan fingerprint density at radius 3 is 2.32 bits per heavy atom. The average Bonchev–Trinajstić information content (AvgIpc) is 2.48. The molecule has 0 saturated carbocycles. The van der Waals surface area contributed by atoms with Crippen LogP contribution in [0.15, 0.2) is 17.0 Å². The van der Waals surface area contributed by atoms with Crippen LogP contribution in [-0.4, -0.2) is 53.8 Å². The maximum Gasteiger partial charge on any atom is 0.410 e. The number of carbonyl (C=O) groups excluding carboxylic acids is 1. The van der Waals surface area contributed by atoms with Gasteiger partial charge in [-0.25, -0.2) is 4.79 Å². The number of hydrogen-bond donors (Lipinski definition) is 2. The summed E-state index contributed by atoms with van der Waals surface area (Å²) in [6.45, 7) is 9.97. The van der Waals surface area contributed by atoms with Crippen LogP contribution >= 0.6 is 12.6 Å². The van der Waals surface area contributed by atoms with E-state index in [4.69, 9.17) is 9.84 Å². The minimum atomic E-state index is -0.859. The minimum absolute atomic E-state index is 0.0227. The second kappa shape index (κ2) is 7.56. The molecule has 1 saturated heterocycles. The van der Waals surface area contributed by atoms with E-state index in [0.29, 0.717) is 26.2 Å². The summed E-state index contributed by atoms with van der Waals surface area (Å²) in [5.74, 6) is -0.859. The largest absolute Gasteiger partial charge is 0.481 e. The number of aliphatic carboxylic acids is 1. The molecule has 1 amide bonds. The molecule has 1 aromatic rings. The van der Waals surface area contributed by atoms with Gasteiger partial charge < -0.3 is 19.6 Å². The van der Waals surface area contributed by atoms with Crippen molar-refractivity contribution in [1.82, 2.24) is 4.90 Å². The van der Waals surface area contributed by atoms with Gasteiger partial charge in [0.1, 0.15) is 5.60 Å². The molecule has 0 atom stereocenters. The average molecular weight is 366 g/mol. The van der Waals surface area contributed by atoms with Gasteiger partial charge in [-0.2, -0.15) is 0 Å². The number of nitrogens with zero attached hydrogens (tertiary/aromatic N) is 2. The van der Waals surface area contributed by atoms with Crippen molar-refractivity contribution < 1.29 is 19.4 Å². The summed E-state index contributed by atoms with van der Waals surface area (Å²) in [5.41, 5.74) is 2.19. The van der Waals surface area contributed by atoms with Crippen molar-refractivity contribution in [3.8, 4) is 0 Å². The van der Waals surface area contributed by atoms with Gasteiger partial charge in [-0.05, 0) is 51.0 Å². The van der Waals surface area contributed by atoms with E-state index in [2.05, 4.69) is 17.5 Å². The standard InChI is InChI=1S/C18H26N2O4S/c1-12-13(10-16(21)22)9-14(25)11-15(12)19-5-7-20(8-6-19)17(23)24-18(2,3)4/h9,11,25H,5-8,10H2,1-4H3,(H,21,22). The number of carbonyl (C=O) groups is 2. The Balaban J connectivity index is 2.09. The lowest BCUT2D eigenvalue weighted by Gasteiger charge is -2.37. The third-order valence-electron chi connectivity index (χ3n) is 4.09. The molecule has 0 aromatic heterocycles. The van der Waals surface area contributed by atoms with E-state index in [9.17, 15) is 9.59 Å². The van der Waals surface area contributed by atoms with E-state index in [0.717, 1.165) is 21.7 Å². The fraction of sp³-hybridized carbons (Fsp3) is 0.556. The number of hydrogen-bond acceptors (Lipinski definition) is 5. The first-order valence-electron chi connectivity index (χ1n) is 8.34. The van der Waals surface area contributed by atoms with Crippen molar-refractivity contribution in [2.75, 3.05) is 31.1 Å². The molecule has 0 unspecified atom stereocenters. The van der Waals surface area contributed by atoms with Gasteiger partial charge in [0.25, 0.3) is 0 Å². The maximum absolute atomic E-state index is 12.2. The van der Waals surface area contributed by atoms with Crippen molar-refractivity contribution in [1.29, 1.82) is 0 Å². The van der Waals surface area contributed by atoms with Crippen LogP contribution in [0.3, 0.4) is 0 Å². The topological polar surface area (TPSA) is 70.1 Å². The van der Waals surface area contributed by atoms with Gasteiger partial charge in [0.15, 0.2) is 0 Å². The molecule has 1 aliphatic heterocycles. The van der Waals surface area contributed by atoms with Crippen LogP contribution < -0.4 is 4.90 Å². The number of benzene rings is 1. The molecule has 0 radical (unpaired) electrons. The number of thiol groups is 1. The Morgan fingerprint density at radius 1 is 1.20 bits per heavy atom. The number of anilines is 1. The van der Waals surface area contributed by atoms with E-state index in [1.54, 1.807) is 11.0 Å². The van der Waals surface area contributed by atoms with Crippen LogP contribution in [-0.2, 0) is 16.0 Å². The van der Waals surface area contributed by atoms with Crippen LogP contribution in [0.4, 0.5) is 10.5 Å². The van der Waals surface area contributed by atoms with Crippen LogP contribution in [0.2, 0.25) is 0 Å². The lowest BCUT2D eigenvalue weighted by atomic mass is 10.0. The van der Waals surface area contributed by atoms with Gasteiger partial charge in [-0.3, -0.25) is 4.79 Å². The highest BCUT2D eigenvalue weighted by Crippen LogP contribution is 2.28. The van der Waals surface area contributed by atoms with Crippen molar-refractivity contribution >= 4 is 30.4 Å². The quantitative estimate of drug-likeness (QED) is 0.805. The first kappa shape index (κ1) is 19.4. The van der Waals surface area contributed by atoms with E-state index in [1.165, 1.54) is 0 Å². The number of ether oxygens (including phenoxy) is 1. The molecule has 0 aliphatic carbocycles. The summed E-state index contributed by atoms with van der Waals surface area (Å²) in [7, 11) is 0. The van der Waals surface area contributed by atoms with Crippen LogP contribution in [0.5, 0.6) is 0 Å². The molecule has 1 N–H and O–H groups in total. The Bertz CT molecular complexity index is 662. The molecule has 2 rings (SSSR count). The molecule has 138 valence electrons. The zero-order chi connectivity index (χ0) is 18.8. The van der Waals surface area contributed by atoms with Gasteiger partial charge in [0, 0.05) is 36.8 Å². The Morgan fingerprint density at radius 2 is 1.80 bits per heavy atom. The molecule has 6 nitrogen and oxygen atoms in total. The highest BCUT2D eigenvalue weighted by Gasteiger charge is 2.26. The fourth-order valence-corrected chi connectivity index (χ4v) is 3.15. The molecular weight excluding hydrogens is 340 g/mol. The third kappa shape index (κ3) is 5.29. The predicted octanol–water partition coefficient (Wildman–Crippen LogP) is 2.97. The van der Waals surface area contributed by atoms with Crippen molar-refractivity contribution in [2.45, 2.75) is 44.6 Å². The summed E-state index contributed by atoms with van der Waals surface area (Å²) in [4.78, 5) is 27.8. The fourth-order valence-electron chi connectivity index (χ4n) is 2.87. The summed E-state index contributed by atoms with van der Waals surface area (Å²) in [6, 6.07) is 3.75. The van der Waals surface area contributed by atoms with E-state index in [1.807, 2.05) is 33.8 Å². The molecule has 1 aliphatic rings. The number of carboxylic acids is 1. The molecule has 0 spiro atoms. The van der Waals surface area contributed by atoms with Gasteiger partial charge >= 0.3 is 12.1 Å². The maximum atomic E-state index is 12.2. The number of carboxylic acid groups (broad SMARTS) is 1. The molecule has 25 heavy (non-hydrogen) atoms. The smallest absolute Gasteiger partial charge is 0.410 e. The highest BCUT2D eigenvalue weighted by atomic mass is 32.1. The molecule has 1 heterocycles. The Labute approximate surface area is 154 Å².